The molecule has 0 aliphatic rings. The van der Waals surface area contributed by atoms with Crippen LogP contribution in [0.4, 0.5) is 10.5 Å². The number of imidazole rings is 1. The first-order valence-corrected chi connectivity index (χ1v) is 20.5. The molecule has 22 heteroatoms. The smallest absolute Gasteiger partial charge is 0.340 e. The molecule has 1 heterocycles. The third-order valence-corrected chi connectivity index (χ3v) is 7.84. The summed E-state index contributed by atoms with van der Waals surface area (Å²) < 4.78 is 52.8. The van der Waals surface area contributed by atoms with Crippen molar-refractivity contribution in [2.45, 2.75) is 32.1 Å². The third kappa shape index (κ3) is 22.3. The highest BCUT2D eigenvalue weighted by atomic mass is 35.5. The van der Waals surface area contributed by atoms with Crippen LogP contribution in [0.2, 0.25) is 0 Å². The fourth-order valence-electron chi connectivity index (χ4n) is 3.76. The summed E-state index contributed by atoms with van der Waals surface area (Å²) in [5, 5.41) is 14.3. The van der Waals surface area contributed by atoms with Gasteiger partial charge in [0.25, 0.3) is 20.2 Å². The number of hydrogen-bond acceptors (Lipinski definition) is 12. The Morgan fingerprint density at radius 1 is 0.918 bits per heavy atom. The van der Waals surface area contributed by atoms with E-state index in [-0.39, 0.29) is 32.1 Å². The average molecular weight is 819 g/mol. The molecule has 0 aliphatic heterocycles. The van der Waals surface area contributed by atoms with Gasteiger partial charge in [-0.15, -0.1) is 51.3 Å². The average Bonchev–Trinajstić information content (AvgIpc) is 3.33. The fraction of sp³-hybridized carbons (Fsp3) is 0.667. The standard InChI is InChI=1S/C16H21Cl2N3O2.C6H14O6S2.C5H9Cl2N3O2/c1-20-14-6-5-12(21(9-7-17)10-8-18)11-13(14)19-15(20)3-2-4-16(22)23;1-13(7,8)11-5-3-4-6-12-14(2,9)10;6-1-3-8-5(11)10(9-12)4-2-7/h5-6,11H,2-4,7-10H2,1H3,(H,22,23);3-6H2,1-2H3;1-4H2,(H,8,11). The van der Waals surface area contributed by atoms with E-state index in [4.69, 9.17) is 51.5 Å². The highest BCUT2D eigenvalue weighted by molar-refractivity contribution is 7.86. The minimum atomic E-state index is -3.40. The van der Waals surface area contributed by atoms with Gasteiger partial charge in [0.15, 0.2) is 0 Å². The van der Waals surface area contributed by atoms with Crippen LogP contribution in [-0.4, -0.2) is 124 Å². The number of hydrogen-bond donors (Lipinski definition) is 2. The van der Waals surface area contributed by atoms with Gasteiger partial charge in [-0.1, -0.05) is 0 Å². The molecule has 1 aromatic carbocycles. The molecular weight excluding hydrogens is 774 g/mol. The Morgan fingerprint density at radius 3 is 1.92 bits per heavy atom. The minimum Gasteiger partial charge on any atom is -0.481 e. The second-order valence-corrected chi connectivity index (χ2v) is 14.7. The van der Waals surface area contributed by atoms with Crippen molar-refractivity contribution >= 4 is 95.4 Å². The van der Waals surface area contributed by atoms with Crippen molar-refractivity contribution in [2.75, 3.05) is 80.3 Å². The predicted molar refractivity (Wildman–Crippen MR) is 193 cm³/mol. The Balaban J connectivity index is 0.000000764. The first-order valence-electron chi connectivity index (χ1n) is 14.8. The number of carbonyl (C=O) groups excluding carboxylic acids is 1. The van der Waals surface area contributed by atoms with E-state index in [0.29, 0.717) is 54.9 Å². The number of halogens is 4. The van der Waals surface area contributed by atoms with Gasteiger partial charge < -0.3 is 19.9 Å². The molecule has 0 atom stereocenters. The Morgan fingerprint density at radius 2 is 1.47 bits per heavy atom. The second-order valence-electron chi connectivity index (χ2n) is 9.95. The predicted octanol–water partition coefficient (Wildman–Crippen LogP) is 4.14. The molecule has 2 rings (SSSR count). The van der Waals surface area contributed by atoms with Gasteiger partial charge >= 0.3 is 12.0 Å². The summed E-state index contributed by atoms with van der Waals surface area (Å²) in [6, 6.07) is 5.54. The van der Waals surface area contributed by atoms with Crippen molar-refractivity contribution in [1.29, 1.82) is 0 Å². The van der Waals surface area contributed by atoms with Crippen molar-refractivity contribution in [1.82, 2.24) is 19.9 Å². The molecule has 282 valence electrons. The van der Waals surface area contributed by atoms with Crippen molar-refractivity contribution < 1.29 is 39.9 Å². The SMILES string of the molecule is CS(=O)(=O)OCCCCOS(C)(=O)=O.Cn1c(CCCC(=O)O)nc2cc(N(CCCl)CCCl)ccc21.O=NN(CCCl)C(=O)NCCCl. The minimum absolute atomic E-state index is 0.0476. The summed E-state index contributed by atoms with van der Waals surface area (Å²) in [6.07, 6.45) is 4.18. The van der Waals surface area contributed by atoms with Gasteiger partial charge in [0.1, 0.15) is 5.82 Å². The number of carboxylic acids is 1. The third-order valence-electron chi connectivity index (χ3n) is 5.96. The quantitative estimate of drug-likeness (QED) is 0.0600. The molecule has 2 aromatic rings. The van der Waals surface area contributed by atoms with E-state index in [1.807, 2.05) is 29.8 Å². The number of anilines is 1. The molecule has 2 amide bonds. The molecule has 0 saturated carbocycles. The number of nitroso groups, excluding NO2 is 1. The summed E-state index contributed by atoms with van der Waals surface area (Å²) >= 11 is 22.3. The van der Waals surface area contributed by atoms with Crippen LogP contribution in [0.1, 0.15) is 31.5 Å². The zero-order valence-electron chi connectivity index (χ0n) is 27.5. The highest BCUT2D eigenvalue weighted by Crippen LogP contribution is 2.23. The number of rotatable bonds is 21. The van der Waals surface area contributed by atoms with Crippen LogP contribution in [0, 0.1) is 4.91 Å². The van der Waals surface area contributed by atoms with E-state index in [2.05, 4.69) is 28.9 Å². The Bertz CT molecular complexity index is 1460. The number of carbonyl (C=O) groups is 2. The number of fused-ring (bicyclic) bond motifs is 1. The monoisotopic (exact) mass is 816 g/mol. The maximum absolute atomic E-state index is 10.9. The van der Waals surface area contributed by atoms with E-state index >= 15 is 0 Å². The van der Waals surface area contributed by atoms with Crippen LogP contribution in [0.25, 0.3) is 11.0 Å². The fourth-order valence-corrected chi connectivity index (χ4v) is 5.26. The number of nitrogens with one attached hydrogen (secondary N) is 1. The van der Waals surface area contributed by atoms with E-state index in [9.17, 15) is 31.3 Å². The molecule has 0 saturated heterocycles. The van der Waals surface area contributed by atoms with Gasteiger partial charge in [-0.25, -0.2) is 9.78 Å². The summed E-state index contributed by atoms with van der Waals surface area (Å²) in [4.78, 5) is 38.4. The van der Waals surface area contributed by atoms with E-state index in [1.54, 1.807) is 0 Å². The van der Waals surface area contributed by atoms with Gasteiger partial charge in [-0.3, -0.25) is 13.2 Å². The number of amides is 2. The van der Waals surface area contributed by atoms with Crippen LogP contribution in [0.5, 0.6) is 0 Å². The topological polar surface area (TPSA) is 207 Å². The highest BCUT2D eigenvalue weighted by Gasteiger charge is 2.13. The van der Waals surface area contributed by atoms with Crippen LogP contribution < -0.4 is 10.2 Å². The lowest BCUT2D eigenvalue weighted by molar-refractivity contribution is -0.137. The van der Waals surface area contributed by atoms with E-state index in [1.165, 1.54) is 0 Å². The first-order chi connectivity index (χ1) is 23.0. The van der Waals surface area contributed by atoms with Gasteiger partial charge in [0.05, 0.1) is 48.6 Å². The molecule has 49 heavy (non-hydrogen) atoms. The van der Waals surface area contributed by atoms with Crippen molar-refractivity contribution in [3.8, 4) is 0 Å². The van der Waals surface area contributed by atoms with Gasteiger partial charge in [-0.05, 0) is 37.5 Å². The molecule has 0 aliphatic carbocycles. The van der Waals surface area contributed by atoms with Crippen molar-refractivity contribution in [3.05, 3.63) is 28.9 Å². The number of carboxylic acid groups (broad SMARTS) is 1. The molecule has 0 unspecified atom stereocenters. The number of aliphatic carboxylic acids is 1. The van der Waals surface area contributed by atoms with E-state index in [0.717, 1.165) is 48.1 Å². The summed E-state index contributed by atoms with van der Waals surface area (Å²) in [6.45, 7) is 1.96. The number of benzene rings is 1. The number of urea groups is 1. The molecule has 0 fully saturated rings. The van der Waals surface area contributed by atoms with Crippen molar-refractivity contribution in [2.24, 2.45) is 12.3 Å². The number of unbranched alkanes of at least 4 members (excludes halogenated alkanes) is 1. The number of aryl methyl sites for hydroxylation is 2. The number of aromatic nitrogens is 2. The summed E-state index contributed by atoms with van der Waals surface area (Å²) in [7, 11) is -4.84. The second kappa shape index (κ2) is 25.7. The lowest BCUT2D eigenvalue weighted by Crippen LogP contribution is -2.38. The van der Waals surface area contributed by atoms with Crippen LogP contribution in [0.15, 0.2) is 23.5 Å². The lowest BCUT2D eigenvalue weighted by atomic mass is 10.2. The Kier molecular flexibility index (Phi) is 24.6. The van der Waals surface area contributed by atoms with Crippen LogP contribution in [0.3, 0.4) is 0 Å². The maximum Gasteiger partial charge on any atom is 0.340 e. The molecule has 0 radical (unpaired) electrons. The van der Waals surface area contributed by atoms with Gasteiger partial charge in [-0.2, -0.15) is 21.8 Å². The largest absolute Gasteiger partial charge is 0.481 e. The molecule has 2 N–H and O–H groups in total. The van der Waals surface area contributed by atoms with E-state index < -0.39 is 32.2 Å². The summed E-state index contributed by atoms with van der Waals surface area (Å²) in [5.41, 5.74) is 2.99. The zero-order valence-corrected chi connectivity index (χ0v) is 32.2. The maximum atomic E-state index is 10.9. The zero-order chi connectivity index (χ0) is 37.5. The Labute approximate surface area is 307 Å². The van der Waals surface area contributed by atoms with Crippen LogP contribution >= 0.6 is 46.4 Å². The first kappa shape index (κ1) is 46.8. The summed E-state index contributed by atoms with van der Waals surface area (Å²) in [5.74, 6) is 1.66. The number of alkyl halides is 4. The Hall–Kier alpha value is -2.19. The van der Waals surface area contributed by atoms with Gasteiger partial charge in [0, 0.05) is 68.7 Å². The lowest BCUT2D eigenvalue weighted by Gasteiger charge is -2.22. The van der Waals surface area contributed by atoms with Crippen LogP contribution in [-0.2, 0) is 46.9 Å². The van der Waals surface area contributed by atoms with Gasteiger partial charge in [0.2, 0.25) is 0 Å². The molecular formula is C27H44Cl4N6O10S2. The molecule has 1 aromatic heterocycles. The molecule has 0 spiro atoms. The molecule has 0 bridgehead atoms. The number of nitrogens with zero attached hydrogens (tertiary/aromatic N) is 5. The molecule has 16 nitrogen and oxygen atoms in total. The van der Waals surface area contributed by atoms with Crippen molar-refractivity contribution in [3.63, 3.8) is 0 Å². The normalized spacial score (nSPS) is 11.2.